The molecule has 0 amide bonds. The molecule has 2 aromatic carbocycles. The van der Waals surface area contributed by atoms with E-state index in [4.69, 9.17) is 0 Å². The highest BCUT2D eigenvalue weighted by molar-refractivity contribution is 7.98. The normalized spacial score (nSPS) is 16.8. The highest BCUT2D eigenvalue weighted by Crippen LogP contribution is 2.31. The lowest BCUT2D eigenvalue weighted by Gasteiger charge is -2.22. The van der Waals surface area contributed by atoms with Gasteiger partial charge >= 0.3 is 0 Å². The van der Waals surface area contributed by atoms with E-state index >= 15 is 0 Å². The Morgan fingerprint density at radius 1 is 1.04 bits per heavy atom. The molecule has 0 saturated carbocycles. The number of allylic oxidation sites excluding steroid dienone is 2. The van der Waals surface area contributed by atoms with Crippen LogP contribution in [0.5, 0.6) is 0 Å². The highest BCUT2D eigenvalue weighted by Gasteiger charge is 2.22. The van der Waals surface area contributed by atoms with Crippen molar-refractivity contribution >= 4 is 23.5 Å². The molecule has 6 heteroatoms. The van der Waals surface area contributed by atoms with Crippen molar-refractivity contribution in [3.8, 4) is 0 Å². The van der Waals surface area contributed by atoms with Crippen molar-refractivity contribution in [3.05, 3.63) is 83.6 Å². The van der Waals surface area contributed by atoms with Crippen LogP contribution in [0.1, 0.15) is 29.9 Å². The molecule has 0 fully saturated rings. The summed E-state index contributed by atoms with van der Waals surface area (Å²) in [5.74, 6) is 1.71. The number of nitrogens with zero attached hydrogens (tertiary/aromatic N) is 2. The quantitative estimate of drug-likeness (QED) is 0.618. The molecule has 0 unspecified atom stereocenters. The summed E-state index contributed by atoms with van der Waals surface area (Å²) in [5.41, 5.74) is 3.29. The van der Waals surface area contributed by atoms with Crippen LogP contribution in [0, 0.1) is 0 Å². The first-order chi connectivity index (χ1) is 13.3. The molecule has 5 nitrogen and oxygen atoms in total. The zero-order chi connectivity index (χ0) is 18.5. The van der Waals surface area contributed by atoms with Gasteiger partial charge in [-0.2, -0.15) is 4.98 Å². The van der Waals surface area contributed by atoms with Gasteiger partial charge in [0.05, 0.1) is 0 Å². The van der Waals surface area contributed by atoms with Crippen LogP contribution in [0.4, 0.5) is 5.95 Å². The van der Waals surface area contributed by atoms with Crippen LogP contribution in [0.2, 0.25) is 0 Å². The van der Waals surface area contributed by atoms with Gasteiger partial charge in [-0.15, -0.1) is 5.10 Å². The Labute approximate surface area is 162 Å². The lowest BCUT2D eigenvalue weighted by Crippen LogP contribution is -2.17. The number of hydrogen-bond donors (Lipinski definition) is 2. The fourth-order valence-electron chi connectivity index (χ4n) is 3.18. The standard InChI is InChI=1S/C21H20N4OS/c26-19-12-17(16-9-5-2-6-10-16)11-18(13-19)22-20-23-21(25-24-20)27-14-15-7-3-1-4-8-15/h1-10,13,17H,11-12,14H2,(H2,22,23,24,25)/t17-/m0/s1. The molecule has 1 aromatic heterocycles. The van der Waals surface area contributed by atoms with Crippen LogP contribution < -0.4 is 5.32 Å². The Balaban J connectivity index is 1.39. The molecular formula is C21H20N4OS. The first kappa shape index (κ1) is 17.5. The maximum Gasteiger partial charge on any atom is 0.223 e. The van der Waals surface area contributed by atoms with E-state index in [0.717, 1.165) is 17.9 Å². The van der Waals surface area contributed by atoms with Crippen LogP contribution >= 0.6 is 11.8 Å². The third-order valence-corrected chi connectivity index (χ3v) is 5.39. The molecule has 3 aromatic rings. The first-order valence-corrected chi connectivity index (χ1v) is 9.89. The number of thioether (sulfide) groups is 1. The summed E-state index contributed by atoms with van der Waals surface area (Å²) in [4.78, 5) is 16.6. The number of ketones is 1. The summed E-state index contributed by atoms with van der Waals surface area (Å²) in [6.07, 6.45) is 3.01. The largest absolute Gasteiger partial charge is 0.328 e. The van der Waals surface area contributed by atoms with Gasteiger partial charge in [0.1, 0.15) is 0 Å². The second-order valence-electron chi connectivity index (χ2n) is 6.52. The van der Waals surface area contributed by atoms with E-state index in [0.29, 0.717) is 17.5 Å². The van der Waals surface area contributed by atoms with Gasteiger partial charge in [-0.05, 0) is 23.5 Å². The van der Waals surface area contributed by atoms with Crippen molar-refractivity contribution in [3.63, 3.8) is 0 Å². The van der Waals surface area contributed by atoms with Crippen molar-refractivity contribution < 1.29 is 4.79 Å². The topological polar surface area (TPSA) is 70.7 Å². The maximum atomic E-state index is 12.1. The van der Waals surface area contributed by atoms with Gasteiger partial charge in [-0.1, -0.05) is 72.4 Å². The minimum Gasteiger partial charge on any atom is -0.328 e. The van der Waals surface area contributed by atoms with Crippen molar-refractivity contribution in [2.24, 2.45) is 0 Å². The van der Waals surface area contributed by atoms with Gasteiger partial charge in [-0.25, -0.2) is 5.10 Å². The molecule has 1 aliphatic rings. The number of rotatable bonds is 6. The molecule has 4 rings (SSSR count). The molecular weight excluding hydrogens is 356 g/mol. The van der Waals surface area contributed by atoms with Gasteiger partial charge in [0.15, 0.2) is 5.78 Å². The van der Waals surface area contributed by atoms with E-state index in [1.165, 1.54) is 11.1 Å². The average Bonchev–Trinajstić information content (AvgIpc) is 3.15. The summed E-state index contributed by atoms with van der Waals surface area (Å²) in [6, 6.07) is 20.4. The summed E-state index contributed by atoms with van der Waals surface area (Å²) in [7, 11) is 0. The average molecular weight is 376 g/mol. The number of aromatic amines is 1. The van der Waals surface area contributed by atoms with Crippen LogP contribution in [0.3, 0.4) is 0 Å². The second-order valence-corrected chi connectivity index (χ2v) is 7.46. The maximum absolute atomic E-state index is 12.1. The summed E-state index contributed by atoms with van der Waals surface area (Å²) in [6.45, 7) is 0. The number of carbonyl (C=O) groups excluding carboxylic acids is 1. The van der Waals surface area contributed by atoms with Crippen LogP contribution in [-0.2, 0) is 10.5 Å². The SMILES string of the molecule is O=C1C=C(Nc2nc(SCc3ccccc3)n[nH]2)C[C@H](c2ccccc2)C1. The van der Waals surface area contributed by atoms with E-state index in [2.05, 4.69) is 44.8 Å². The lowest BCUT2D eigenvalue weighted by molar-refractivity contribution is -0.115. The molecule has 0 bridgehead atoms. The molecule has 27 heavy (non-hydrogen) atoms. The smallest absolute Gasteiger partial charge is 0.223 e. The van der Waals surface area contributed by atoms with Gasteiger partial charge in [-0.3, -0.25) is 4.79 Å². The number of carbonyl (C=O) groups is 1. The fraction of sp³-hybridized carbons (Fsp3) is 0.190. The lowest BCUT2D eigenvalue weighted by atomic mass is 9.85. The van der Waals surface area contributed by atoms with Gasteiger partial charge < -0.3 is 5.32 Å². The molecule has 0 radical (unpaired) electrons. The number of nitrogens with one attached hydrogen (secondary N) is 2. The summed E-state index contributed by atoms with van der Waals surface area (Å²) >= 11 is 1.57. The molecule has 0 aliphatic heterocycles. The van der Waals surface area contributed by atoms with Crippen molar-refractivity contribution in [1.29, 1.82) is 0 Å². The Hall–Kier alpha value is -2.86. The summed E-state index contributed by atoms with van der Waals surface area (Å²) in [5, 5.41) is 11.1. The van der Waals surface area contributed by atoms with E-state index in [1.54, 1.807) is 17.8 Å². The first-order valence-electron chi connectivity index (χ1n) is 8.91. The highest BCUT2D eigenvalue weighted by atomic mass is 32.2. The predicted molar refractivity (Wildman–Crippen MR) is 108 cm³/mol. The van der Waals surface area contributed by atoms with Crippen molar-refractivity contribution in [1.82, 2.24) is 15.2 Å². The number of H-pyrrole nitrogens is 1. The van der Waals surface area contributed by atoms with E-state index in [-0.39, 0.29) is 11.7 Å². The Morgan fingerprint density at radius 2 is 1.78 bits per heavy atom. The molecule has 136 valence electrons. The zero-order valence-electron chi connectivity index (χ0n) is 14.8. The van der Waals surface area contributed by atoms with Gasteiger partial charge in [0, 0.05) is 23.9 Å². The third-order valence-electron chi connectivity index (χ3n) is 4.47. The molecule has 0 saturated heterocycles. The van der Waals surface area contributed by atoms with Gasteiger partial charge in [0.2, 0.25) is 11.1 Å². The number of benzene rings is 2. The predicted octanol–water partition coefficient (Wildman–Crippen LogP) is 4.54. The van der Waals surface area contributed by atoms with Crippen molar-refractivity contribution in [2.45, 2.75) is 29.7 Å². The molecule has 1 aliphatic carbocycles. The molecule has 1 heterocycles. The fourth-order valence-corrected chi connectivity index (χ4v) is 3.94. The van der Waals surface area contributed by atoms with E-state index in [9.17, 15) is 4.79 Å². The minimum atomic E-state index is 0.135. The second kappa shape index (κ2) is 8.22. The Bertz CT molecular complexity index is 937. The Kier molecular flexibility index (Phi) is 5.34. The minimum absolute atomic E-state index is 0.135. The zero-order valence-corrected chi connectivity index (χ0v) is 15.6. The van der Waals surface area contributed by atoms with Crippen LogP contribution in [0.15, 0.2) is 77.6 Å². The number of hydrogen-bond acceptors (Lipinski definition) is 5. The third kappa shape index (κ3) is 4.65. The van der Waals surface area contributed by atoms with Crippen LogP contribution in [-0.4, -0.2) is 21.0 Å². The number of anilines is 1. The van der Waals surface area contributed by atoms with Crippen LogP contribution in [0.25, 0.3) is 0 Å². The Morgan fingerprint density at radius 3 is 2.56 bits per heavy atom. The van der Waals surface area contributed by atoms with Gasteiger partial charge in [0.25, 0.3) is 0 Å². The monoisotopic (exact) mass is 376 g/mol. The van der Waals surface area contributed by atoms with E-state index in [1.807, 2.05) is 36.4 Å². The molecule has 2 N–H and O–H groups in total. The molecule has 1 atom stereocenters. The van der Waals surface area contributed by atoms with E-state index < -0.39 is 0 Å². The number of aromatic nitrogens is 3. The summed E-state index contributed by atoms with van der Waals surface area (Å²) < 4.78 is 0. The molecule has 0 spiro atoms. The van der Waals surface area contributed by atoms with Crippen molar-refractivity contribution in [2.75, 3.05) is 5.32 Å².